The fourth-order valence-electron chi connectivity index (χ4n) is 1.49. The van der Waals surface area contributed by atoms with E-state index in [1.54, 1.807) is 19.1 Å². The molecule has 1 aromatic rings. The molecule has 0 saturated heterocycles. The number of rotatable bonds is 4. The summed E-state index contributed by atoms with van der Waals surface area (Å²) in [4.78, 5) is 26.9. The lowest BCUT2D eigenvalue weighted by molar-refractivity contribution is -0.148. The Morgan fingerprint density at radius 1 is 1.33 bits per heavy atom. The average molecular weight is 250 g/mol. The number of carbonyl (C=O) groups is 2. The minimum Gasteiger partial charge on any atom is -0.481 e. The lowest BCUT2D eigenvalue weighted by Crippen LogP contribution is -2.29. The van der Waals surface area contributed by atoms with Crippen molar-refractivity contribution in [2.45, 2.75) is 34.1 Å². The Morgan fingerprint density at radius 2 is 1.94 bits per heavy atom. The summed E-state index contributed by atoms with van der Waals surface area (Å²) in [5.41, 5.74) is 1.13. The Hall–Kier alpha value is -1.91. The molecule has 0 fully saturated rings. The molecule has 2 N–H and O–H groups in total. The molecule has 0 spiro atoms. The van der Waals surface area contributed by atoms with E-state index in [9.17, 15) is 9.59 Å². The van der Waals surface area contributed by atoms with Crippen LogP contribution in [0.25, 0.3) is 0 Å². The lowest BCUT2D eigenvalue weighted by atomic mass is 9.89. The van der Waals surface area contributed by atoms with Crippen LogP contribution >= 0.6 is 0 Å². The summed E-state index contributed by atoms with van der Waals surface area (Å²) in [5, 5.41) is 11.6. The molecule has 1 aromatic heterocycles. The van der Waals surface area contributed by atoms with Crippen molar-refractivity contribution in [3.8, 4) is 0 Å². The molecular formula is C13H18N2O3. The van der Waals surface area contributed by atoms with Gasteiger partial charge in [-0.1, -0.05) is 0 Å². The Balaban J connectivity index is 2.74. The van der Waals surface area contributed by atoms with E-state index in [4.69, 9.17) is 5.11 Å². The molecular weight excluding hydrogens is 232 g/mol. The summed E-state index contributed by atoms with van der Waals surface area (Å²) in [6.45, 7) is 6.71. The van der Waals surface area contributed by atoms with Gasteiger partial charge in [0, 0.05) is 12.1 Å². The largest absolute Gasteiger partial charge is 0.481 e. The molecule has 0 radical (unpaired) electrons. The first-order valence-corrected chi connectivity index (χ1v) is 5.70. The zero-order valence-corrected chi connectivity index (χ0v) is 11.1. The average Bonchev–Trinajstić information content (AvgIpc) is 2.21. The van der Waals surface area contributed by atoms with Crippen LogP contribution in [0, 0.1) is 19.3 Å². The highest BCUT2D eigenvalue weighted by molar-refractivity contribution is 5.94. The predicted molar refractivity (Wildman–Crippen MR) is 68.4 cm³/mol. The monoisotopic (exact) mass is 250 g/mol. The predicted octanol–water partition coefficient (Wildman–Crippen LogP) is 2.14. The minimum atomic E-state index is -1.07. The summed E-state index contributed by atoms with van der Waals surface area (Å²) in [6, 6.07) is 3.56. The number of carboxylic acid groups (broad SMARTS) is 1. The number of pyridine rings is 1. The first kappa shape index (κ1) is 14.2. The van der Waals surface area contributed by atoms with Gasteiger partial charge in [-0.15, -0.1) is 0 Å². The maximum atomic E-state index is 11.8. The Kier molecular flexibility index (Phi) is 4.06. The smallest absolute Gasteiger partial charge is 0.309 e. The van der Waals surface area contributed by atoms with Crippen LogP contribution in [0.3, 0.4) is 0 Å². The molecule has 1 amide bonds. The third-order valence-electron chi connectivity index (χ3n) is 2.68. The highest BCUT2D eigenvalue weighted by Crippen LogP contribution is 2.22. The molecule has 1 heterocycles. The van der Waals surface area contributed by atoms with Crippen molar-refractivity contribution in [2.75, 3.05) is 5.32 Å². The van der Waals surface area contributed by atoms with Crippen molar-refractivity contribution >= 4 is 17.6 Å². The van der Waals surface area contributed by atoms with Gasteiger partial charge in [-0.25, -0.2) is 0 Å². The molecule has 0 bridgehead atoms. The lowest BCUT2D eigenvalue weighted by Gasteiger charge is -2.18. The van der Waals surface area contributed by atoms with E-state index in [1.165, 1.54) is 13.8 Å². The number of aromatic nitrogens is 1. The molecule has 0 aliphatic carbocycles. The number of amides is 1. The number of nitrogens with one attached hydrogen (secondary N) is 1. The van der Waals surface area contributed by atoms with Gasteiger partial charge in [0.05, 0.1) is 16.8 Å². The molecule has 0 unspecified atom stereocenters. The Morgan fingerprint density at radius 3 is 2.44 bits per heavy atom. The standard InChI is InChI=1S/C13H18N2O3/c1-8-5-6-10(9(2)14-8)15-11(16)7-13(3,4)12(17)18/h5-6H,7H2,1-4H3,(H,15,16)(H,17,18). The maximum Gasteiger partial charge on any atom is 0.309 e. The third-order valence-corrected chi connectivity index (χ3v) is 2.68. The second kappa shape index (κ2) is 5.16. The summed E-state index contributed by atoms with van der Waals surface area (Å²) in [5.74, 6) is -1.31. The van der Waals surface area contributed by atoms with Crippen LogP contribution in [-0.2, 0) is 9.59 Å². The molecule has 18 heavy (non-hydrogen) atoms. The van der Waals surface area contributed by atoms with Crippen molar-refractivity contribution in [1.29, 1.82) is 0 Å². The van der Waals surface area contributed by atoms with E-state index in [0.29, 0.717) is 5.69 Å². The fraction of sp³-hybridized carbons (Fsp3) is 0.462. The number of aryl methyl sites for hydroxylation is 2. The molecule has 5 nitrogen and oxygen atoms in total. The number of hydrogen-bond donors (Lipinski definition) is 2. The molecule has 1 rings (SSSR count). The van der Waals surface area contributed by atoms with E-state index >= 15 is 0 Å². The number of carboxylic acids is 1. The van der Waals surface area contributed by atoms with E-state index in [2.05, 4.69) is 10.3 Å². The van der Waals surface area contributed by atoms with Crippen LogP contribution in [0.5, 0.6) is 0 Å². The second-order valence-electron chi connectivity index (χ2n) is 5.00. The topological polar surface area (TPSA) is 79.3 Å². The van der Waals surface area contributed by atoms with Crippen LogP contribution in [0.15, 0.2) is 12.1 Å². The van der Waals surface area contributed by atoms with Gasteiger partial charge in [-0.3, -0.25) is 14.6 Å². The first-order valence-electron chi connectivity index (χ1n) is 5.70. The van der Waals surface area contributed by atoms with Gasteiger partial charge in [0.25, 0.3) is 0 Å². The zero-order valence-electron chi connectivity index (χ0n) is 11.1. The quantitative estimate of drug-likeness (QED) is 0.858. The van der Waals surface area contributed by atoms with E-state index in [1.807, 2.05) is 6.92 Å². The molecule has 98 valence electrons. The third kappa shape index (κ3) is 3.55. The Bertz CT molecular complexity index is 481. The number of nitrogens with zero attached hydrogens (tertiary/aromatic N) is 1. The summed E-state index contributed by atoms with van der Waals surface area (Å²) in [6.07, 6.45) is -0.0738. The second-order valence-corrected chi connectivity index (χ2v) is 5.00. The molecule has 0 aliphatic heterocycles. The van der Waals surface area contributed by atoms with Gasteiger partial charge in [0.2, 0.25) is 5.91 Å². The number of hydrogen-bond acceptors (Lipinski definition) is 3. The van der Waals surface area contributed by atoms with Gasteiger partial charge in [0.1, 0.15) is 0 Å². The molecule has 0 atom stereocenters. The van der Waals surface area contributed by atoms with Crippen LogP contribution in [0.4, 0.5) is 5.69 Å². The maximum absolute atomic E-state index is 11.8. The summed E-state index contributed by atoms with van der Waals surface area (Å²) >= 11 is 0. The highest BCUT2D eigenvalue weighted by atomic mass is 16.4. The Labute approximate surface area is 106 Å². The first-order chi connectivity index (χ1) is 8.22. The van der Waals surface area contributed by atoms with Crippen LogP contribution in [0.2, 0.25) is 0 Å². The number of anilines is 1. The van der Waals surface area contributed by atoms with Crippen LogP contribution < -0.4 is 5.32 Å². The molecule has 0 aromatic carbocycles. The van der Waals surface area contributed by atoms with Crippen molar-refractivity contribution in [3.63, 3.8) is 0 Å². The highest BCUT2D eigenvalue weighted by Gasteiger charge is 2.30. The summed E-state index contributed by atoms with van der Waals surface area (Å²) < 4.78 is 0. The van der Waals surface area contributed by atoms with E-state index in [-0.39, 0.29) is 12.3 Å². The van der Waals surface area contributed by atoms with Gasteiger partial charge in [0.15, 0.2) is 0 Å². The molecule has 0 saturated carbocycles. The van der Waals surface area contributed by atoms with Crippen molar-refractivity contribution in [1.82, 2.24) is 4.98 Å². The van der Waals surface area contributed by atoms with Gasteiger partial charge >= 0.3 is 5.97 Å². The zero-order chi connectivity index (χ0) is 13.9. The fourth-order valence-corrected chi connectivity index (χ4v) is 1.49. The van der Waals surface area contributed by atoms with Gasteiger partial charge in [-0.2, -0.15) is 0 Å². The molecule has 5 heteroatoms. The van der Waals surface area contributed by atoms with Gasteiger partial charge < -0.3 is 10.4 Å². The van der Waals surface area contributed by atoms with Gasteiger partial charge in [-0.05, 0) is 39.8 Å². The van der Waals surface area contributed by atoms with Crippen molar-refractivity contribution in [3.05, 3.63) is 23.5 Å². The van der Waals surface area contributed by atoms with Crippen LogP contribution in [0.1, 0.15) is 31.7 Å². The van der Waals surface area contributed by atoms with E-state index in [0.717, 1.165) is 11.4 Å². The minimum absolute atomic E-state index is 0.0738. The number of aliphatic carboxylic acids is 1. The van der Waals surface area contributed by atoms with E-state index < -0.39 is 11.4 Å². The normalized spacial score (nSPS) is 11.1. The number of carbonyl (C=O) groups excluding carboxylic acids is 1. The summed E-state index contributed by atoms with van der Waals surface area (Å²) in [7, 11) is 0. The molecule has 0 aliphatic rings. The van der Waals surface area contributed by atoms with Crippen molar-refractivity contribution < 1.29 is 14.7 Å². The SMILES string of the molecule is Cc1ccc(NC(=O)CC(C)(C)C(=O)O)c(C)n1. The van der Waals surface area contributed by atoms with Crippen molar-refractivity contribution in [2.24, 2.45) is 5.41 Å². The van der Waals surface area contributed by atoms with Crippen LogP contribution in [-0.4, -0.2) is 22.0 Å².